The molecule has 1 aliphatic rings. The van der Waals surface area contributed by atoms with Crippen molar-refractivity contribution in [1.82, 2.24) is 19.7 Å². The van der Waals surface area contributed by atoms with Crippen LogP contribution in [0.15, 0.2) is 55.0 Å². The molecule has 1 saturated heterocycles. The summed E-state index contributed by atoms with van der Waals surface area (Å²) < 4.78 is 7.09. The van der Waals surface area contributed by atoms with Crippen LogP contribution in [-0.2, 0) is 4.74 Å². The van der Waals surface area contributed by atoms with Crippen molar-refractivity contribution in [1.29, 1.82) is 0 Å². The number of nitrogens with zero attached hydrogens (tertiary/aromatic N) is 5. The second kappa shape index (κ2) is 6.67. The molecule has 0 unspecified atom stereocenters. The van der Waals surface area contributed by atoms with Gasteiger partial charge in [-0.2, -0.15) is 10.1 Å². The number of anilines is 3. The minimum absolute atomic E-state index is 0.544. The Hall–Kier alpha value is -2.93. The van der Waals surface area contributed by atoms with Crippen LogP contribution in [0.1, 0.15) is 0 Å². The molecule has 3 heterocycles. The highest BCUT2D eigenvalue weighted by Gasteiger charge is 2.11. The molecule has 122 valence electrons. The van der Waals surface area contributed by atoms with Gasteiger partial charge in [-0.15, -0.1) is 0 Å². The summed E-state index contributed by atoms with van der Waals surface area (Å²) in [7, 11) is 0. The van der Waals surface area contributed by atoms with Crippen LogP contribution in [0, 0.1) is 0 Å². The van der Waals surface area contributed by atoms with E-state index in [1.54, 1.807) is 17.1 Å². The van der Waals surface area contributed by atoms with Crippen molar-refractivity contribution in [2.24, 2.45) is 0 Å². The molecular formula is C17H18N6O. The van der Waals surface area contributed by atoms with Gasteiger partial charge in [0, 0.05) is 49.1 Å². The maximum Gasteiger partial charge on any atom is 0.229 e. The fourth-order valence-electron chi connectivity index (χ4n) is 2.65. The Morgan fingerprint density at radius 2 is 1.83 bits per heavy atom. The average Bonchev–Trinajstić information content (AvgIpc) is 3.18. The Bertz CT molecular complexity index is 781. The topological polar surface area (TPSA) is 68.1 Å². The van der Waals surface area contributed by atoms with E-state index in [4.69, 9.17) is 4.74 Å². The van der Waals surface area contributed by atoms with E-state index in [2.05, 4.69) is 37.4 Å². The van der Waals surface area contributed by atoms with Gasteiger partial charge in [-0.05, 0) is 30.3 Å². The van der Waals surface area contributed by atoms with Crippen molar-refractivity contribution in [3.8, 4) is 5.82 Å². The van der Waals surface area contributed by atoms with Crippen molar-refractivity contribution in [3.05, 3.63) is 55.0 Å². The van der Waals surface area contributed by atoms with Gasteiger partial charge < -0.3 is 15.0 Å². The molecule has 7 heteroatoms. The third-order valence-corrected chi connectivity index (χ3v) is 3.88. The summed E-state index contributed by atoms with van der Waals surface area (Å²) in [6, 6.07) is 12.0. The highest BCUT2D eigenvalue weighted by Crippen LogP contribution is 2.20. The molecule has 2 aromatic heterocycles. The summed E-state index contributed by atoms with van der Waals surface area (Å²) in [4.78, 5) is 11.1. The molecule has 4 rings (SSSR count). The van der Waals surface area contributed by atoms with E-state index >= 15 is 0 Å². The van der Waals surface area contributed by atoms with Crippen molar-refractivity contribution in [3.63, 3.8) is 0 Å². The number of morpholine rings is 1. The van der Waals surface area contributed by atoms with E-state index in [1.165, 1.54) is 5.69 Å². The van der Waals surface area contributed by atoms with Gasteiger partial charge in [-0.1, -0.05) is 0 Å². The van der Waals surface area contributed by atoms with E-state index < -0.39 is 0 Å². The SMILES string of the molecule is c1cnn(-c2ccnc(Nc3ccc(N4CCOCC4)cc3)n2)c1. The molecule has 0 radical (unpaired) electrons. The van der Waals surface area contributed by atoms with Crippen LogP contribution in [0.3, 0.4) is 0 Å². The van der Waals surface area contributed by atoms with Crippen molar-refractivity contribution in [2.45, 2.75) is 0 Å². The monoisotopic (exact) mass is 322 g/mol. The highest BCUT2D eigenvalue weighted by molar-refractivity contribution is 5.59. The second-order valence-electron chi connectivity index (χ2n) is 5.46. The normalized spacial score (nSPS) is 14.6. The minimum atomic E-state index is 0.544. The lowest BCUT2D eigenvalue weighted by molar-refractivity contribution is 0.122. The summed E-state index contributed by atoms with van der Waals surface area (Å²) in [5.41, 5.74) is 2.15. The van der Waals surface area contributed by atoms with Gasteiger partial charge in [0.15, 0.2) is 5.82 Å². The van der Waals surface area contributed by atoms with E-state index in [0.29, 0.717) is 5.95 Å². The summed E-state index contributed by atoms with van der Waals surface area (Å²) in [6.45, 7) is 3.44. The van der Waals surface area contributed by atoms with Gasteiger partial charge in [0.1, 0.15) is 0 Å². The third-order valence-electron chi connectivity index (χ3n) is 3.88. The van der Waals surface area contributed by atoms with Crippen LogP contribution in [0.4, 0.5) is 17.3 Å². The van der Waals surface area contributed by atoms with Crippen LogP contribution >= 0.6 is 0 Å². The number of benzene rings is 1. The predicted octanol–water partition coefficient (Wildman–Crippen LogP) is 2.24. The molecule has 1 aliphatic heterocycles. The first-order valence-electron chi connectivity index (χ1n) is 7.91. The maximum absolute atomic E-state index is 5.39. The zero-order valence-corrected chi connectivity index (χ0v) is 13.2. The molecule has 3 aromatic rings. The zero-order valence-electron chi connectivity index (χ0n) is 13.2. The Balaban J connectivity index is 1.48. The second-order valence-corrected chi connectivity index (χ2v) is 5.46. The molecule has 1 fully saturated rings. The number of nitrogens with one attached hydrogen (secondary N) is 1. The number of hydrogen-bond acceptors (Lipinski definition) is 6. The van der Waals surface area contributed by atoms with Crippen molar-refractivity contribution < 1.29 is 4.74 Å². The molecule has 0 amide bonds. The van der Waals surface area contributed by atoms with Crippen molar-refractivity contribution in [2.75, 3.05) is 36.5 Å². The van der Waals surface area contributed by atoms with Gasteiger partial charge in [0.2, 0.25) is 5.95 Å². The van der Waals surface area contributed by atoms with E-state index in [-0.39, 0.29) is 0 Å². The van der Waals surface area contributed by atoms with Gasteiger partial charge in [-0.3, -0.25) is 0 Å². The molecule has 0 bridgehead atoms. The maximum atomic E-state index is 5.39. The molecule has 1 aromatic carbocycles. The Labute approximate surface area is 139 Å². The lowest BCUT2D eigenvalue weighted by Gasteiger charge is -2.28. The van der Waals surface area contributed by atoms with Crippen LogP contribution in [0.5, 0.6) is 0 Å². The van der Waals surface area contributed by atoms with E-state index in [9.17, 15) is 0 Å². The van der Waals surface area contributed by atoms with Gasteiger partial charge in [0.05, 0.1) is 13.2 Å². The van der Waals surface area contributed by atoms with E-state index in [0.717, 1.165) is 37.8 Å². The zero-order chi connectivity index (χ0) is 16.2. The number of ether oxygens (including phenoxy) is 1. The molecule has 0 spiro atoms. The molecule has 0 aliphatic carbocycles. The Kier molecular flexibility index (Phi) is 4.07. The molecular weight excluding hydrogens is 304 g/mol. The number of rotatable bonds is 4. The average molecular weight is 322 g/mol. The third kappa shape index (κ3) is 3.21. The first kappa shape index (κ1) is 14.6. The molecule has 7 nitrogen and oxygen atoms in total. The fourth-order valence-corrected chi connectivity index (χ4v) is 2.65. The first-order valence-corrected chi connectivity index (χ1v) is 7.91. The van der Waals surface area contributed by atoms with Crippen LogP contribution in [0.25, 0.3) is 5.82 Å². The van der Waals surface area contributed by atoms with Crippen LogP contribution in [-0.4, -0.2) is 46.1 Å². The van der Waals surface area contributed by atoms with Gasteiger partial charge in [-0.25, -0.2) is 9.67 Å². The fraction of sp³-hybridized carbons (Fsp3) is 0.235. The highest BCUT2D eigenvalue weighted by atomic mass is 16.5. The summed E-state index contributed by atoms with van der Waals surface area (Å²) >= 11 is 0. The first-order chi connectivity index (χ1) is 11.9. The summed E-state index contributed by atoms with van der Waals surface area (Å²) in [5, 5.41) is 7.41. The number of hydrogen-bond donors (Lipinski definition) is 1. The van der Waals surface area contributed by atoms with Crippen LogP contribution in [0.2, 0.25) is 0 Å². The standard InChI is InChI=1S/C17H18N6O/c1-7-19-23(9-1)16-6-8-18-17(21-16)20-14-2-4-15(5-3-14)22-10-12-24-13-11-22/h1-9H,10-13H2,(H,18,20,21). The summed E-state index contributed by atoms with van der Waals surface area (Å²) in [6.07, 6.45) is 5.29. The quantitative estimate of drug-likeness (QED) is 0.794. The van der Waals surface area contributed by atoms with E-state index in [1.807, 2.05) is 30.5 Å². The molecule has 0 atom stereocenters. The molecule has 24 heavy (non-hydrogen) atoms. The lowest BCUT2D eigenvalue weighted by Crippen LogP contribution is -2.36. The Morgan fingerprint density at radius 1 is 1.00 bits per heavy atom. The molecule has 1 N–H and O–H groups in total. The summed E-state index contributed by atoms with van der Waals surface area (Å²) in [5.74, 6) is 1.27. The molecule has 0 saturated carbocycles. The largest absolute Gasteiger partial charge is 0.378 e. The Morgan fingerprint density at radius 3 is 2.58 bits per heavy atom. The lowest BCUT2D eigenvalue weighted by atomic mass is 10.2. The van der Waals surface area contributed by atoms with Crippen molar-refractivity contribution >= 4 is 17.3 Å². The van der Waals surface area contributed by atoms with Gasteiger partial charge in [0.25, 0.3) is 0 Å². The minimum Gasteiger partial charge on any atom is -0.378 e. The number of aromatic nitrogens is 4. The van der Waals surface area contributed by atoms with Gasteiger partial charge >= 0.3 is 0 Å². The van der Waals surface area contributed by atoms with Crippen LogP contribution < -0.4 is 10.2 Å². The smallest absolute Gasteiger partial charge is 0.229 e. The predicted molar refractivity (Wildman–Crippen MR) is 91.9 cm³/mol.